The fourth-order valence-corrected chi connectivity index (χ4v) is 2.77. The monoisotopic (exact) mass is 283 g/mol. The first-order chi connectivity index (χ1) is 9.76. The second kappa shape index (κ2) is 5.42. The van der Waals surface area contributed by atoms with Crippen molar-refractivity contribution >= 4 is 28.5 Å². The summed E-state index contributed by atoms with van der Waals surface area (Å²) in [5.74, 6) is 1.23. The van der Waals surface area contributed by atoms with Gasteiger partial charge in [0.1, 0.15) is 28.0 Å². The molecule has 5 nitrogen and oxygen atoms in total. The number of nitrogen functional groups attached to an aromatic ring is 1. The molecule has 2 heterocycles. The van der Waals surface area contributed by atoms with Crippen LogP contribution in [0, 0.1) is 0 Å². The molecule has 0 amide bonds. The van der Waals surface area contributed by atoms with Crippen LogP contribution in [0.4, 0.5) is 5.82 Å². The summed E-state index contributed by atoms with van der Waals surface area (Å²) in [6.45, 7) is 2.00. The van der Waals surface area contributed by atoms with Gasteiger partial charge in [-0.05, 0) is 17.8 Å². The number of hydrogen-bond donors (Lipinski definition) is 1. The first kappa shape index (κ1) is 12.8. The molecule has 100 valence electrons. The Labute approximate surface area is 120 Å². The molecule has 20 heavy (non-hydrogen) atoms. The molecule has 0 aliphatic rings. The van der Waals surface area contributed by atoms with Crippen LogP contribution < -0.4 is 5.73 Å². The summed E-state index contributed by atoms with van der Waals surface area (Å²) in [7, 11) is 0. The molecule has 0 spiro atoms. The van der Waals surface area contributed by atoms with Crippen LogP contribution >= 0.6 is 11.8 Å². The average Bonchev–Trinajstić information content (AvgIpc) is 2.47. The molecule has 1 aromatic carbocycles. The molecule has 3 rings (SSSR count). The van der Waals surface area contributed by atoms with Crippen molar-refractivity contribution in [2.45, 2.75) is 23.4 Å². The molecule has 2 aromatic heterocycles. The average molecular weight is 283 g/mol. The summed E-state index contributed by atoms with van der Waals surface area (Å²) >= 11 is 1.48. The van der Waals surface area contributed by atoms with Crippen LogP contribution in [0.1, 0.15) is 12.7 Å². The normalized spacial score (nSPS) is 10.8. The Bertz CT molecular complexity index is 754. The molecule has 0 saturated heterocycles. The second-order valence-electron chi connectivity index (χ2n) is 4.20. The third kappa shape index (κ3) is 2.55. The van der Waals surface area contributed by atoms with E-state index in [2.05, 4.69) is 19.9 Å². The third-order valence-corrected chi connectivity index (χ3v) is 3.73. The highest BCUT2D eigenvalue weighted by atomic mass is 32.2. The van der Waals surface area contributed by atoms with E-state index >= 15 is 0 Å². The zero-order valence-corrected chi connectivity index (χ0v) is 11.8. The van der Waals surface area contributed by atoms with Crippen molar-refractivity contribution in [1.29, 1.82) is 0 Å². The van der Waals surface area contributed by atoms with Gasteiger partial charge in [-0.25, -0.2) is 19.9 Å². The van der Waals surface area contributed by atoms with Gasteiger partial charge in [-0.15, -0.1) is 0 Å². The zero-order chi connectivity index (χ0) is 13.9. The number of nitrogens with two attached hydrogens (primary N) is 1. The first-order valence-corrected chi connectivity index (χ1v) is 7.09. The number of hydrogen-bond acceptors (Lipinski definition) is 6. The van der Waals surface area contributed by atoms with Crippen molar-refractivity contribution in [1.82, 2.24) is 19.9 Å². The quantitative estimate of drug-likeness (QED) is 0.745. The van der Waals surface area contributed by atoms with Crippen LogP contribution in [-0.2, 0) is 6.42 Å². The number of benzene rings is 1. The summed E-state index contributed by atoms with van der Waals surface area (Å²) in [4.78, 5) is 17.2. The van der Waals surface area contributed by atoms with Crippen LogP contribution in [-0.4, -0.2) is 19.9 Å². The minimum Gasteiger partial charge on any atom is -0.384 e. The van der Waals surface area contributed by atoms with Gasteiger partial charge in [0.25, 0.3) is 0 Å². The van der Waals surface area contributed by atoms with Gasteiger partial charge in [-0.2, -0.15) is 0 Å². The van der Waals surface area contributed by atoms with E-state index in [0.29, 0.717) is 5.82 Å². The van der Waals surface area contributed by atoms with Gasteiger partial charge in [0.15, 0.2) is 0 Å². The largest absolute Gasteiger partial charge is 0.384 e. The highest BCUT2D eigenvalue weighted by Crippen LogP contribution is 2.30. The molecule has 0 radical (unpaired) electrons. The summed E-state index contributed by atoms with van der Waals surface area (Å²) in [6.07, 6.45) is 2.32. The van der Waals surface area contributed by atoms with Crippen LogP contribution in [0.2, 0.25) is 0 Å². The zero-order valence-electron chi connectivity index (χ0n) is 10.9. The number of aromatic nitrogens is 4. The molecule has 0 saturated carbocycles. The Morgan fingerprint density at radius 1 is 1.15 bits per heavy atom. The summed E-state index contributed by atoms with van der Waals surface area (Å²) in [5, 5.41) is 2.68. The molecule has 0 bridgehead atoms. The predicted molar refractivity (Wildman–Crippen MR) is 79.5 cm³/mol. The SMILES string of the molecule is CCc1nc(N)cc(Sc2ncnc3ccccc23)n1. The molecule has 0 aliphatic carbocycles. The number of para-hydroxylation sites is 1. The van der Waals surface area contributed by atoms with Gasteiger partial charge >= 0.3 is 0 Å². The van der Waals surface area contributed by atoms with Crippen LogP contribution in [0.15, 0.2) is 46.7 Å². The lowest BCUT2D eigenvalue weighted by atomic mass is 10.2. The molecule has 0 atom stereocenters. The molecule has 0 unspecified atom stereocenters. The van der Waals surface area contributed by atoms with Gasteiger partial charge in [0, 0.05) is 17.9 Å². The van der Waals surface area contributed by atoms with Gasteiger partial charge in [-0.1, -0.05) is 25.1 Å². The first-order valence-electron chi connectivity index (χ1n) is 6.27. The second-order valence-corrected chi connectivity index (χ2v) is 5.21. The Morgan fingerprint density at radius 2 is 2.00 bits per heavy atom. The molecule has 0 aliphatic heterocycles. The lowest BCUT2D eigenvalue weighted by Crippen LogP contribution is -1.99. The number of aryl methyl sites for hydroxylation is 1. The van der Waals surface area contributed by atoms with Crippen molar-refractivity contribution in [3.05, 3.63) is 42.5 Å². The van der Waals surface area contributed by atoms with E-state index in [1.165, 1.54) is 11.8 Å². The predicted octanol–water partition coefficient (Wildman–Crippen LogP) is 2.72. The maximum atomic E-state index is 5.80. The maximum Gasteiger partial charge on any atom is 0.131 e. The topological polar surface area (TPSA) is 77.6 Å². The Kier molecular flexibility index (Phi) is 3.47. The summed E-state index contributed by atoms with van der Waals surface area (Å²) in [6, 6.07) is 9.67. The van der Waals surface area contributed by atoms with Crippen LogP contribution in [0.5, 0.6) is 0 Å². The molecular formula is C14H13N5S. The van der Waals surface area contributed by atoms with E-state index in [1.807, 2.05) is 31.2 Å². The molecule has 2 N–H and O–H groups in total. The fraction of sp³-hybridized carbons (Fsp3) is 0.143. The third-order valence-electron chi connectivity index (χ3n) is 2.79. The van der Waals surface area contributed by atoms with Gasteiger partial charge in [0.05, 0.1) is 5.52 Å². The Morgan fingerprint density at radius 3 is 2.85 bits per heavy atom. The minimum absolute atomic E-state index is 0.484. The van der Waals surface area contributed by atoms with Crippen molar-refractivity contribution in [3.63, 3.8) is 0 Å². The van der Waals surface area contributed by atoms with Crippen molar-refractivity contribution in [2.75, 3.05) is 5.73 Å². The van der Waals surface area contributed by atoms with E-state index in [9.17, 15) is 0 Å². The summed E-state index contributed by atoms with van der Waals surface area (Å²) in [5.41, 5.74) is 6.72. The summed E-state index contributed by atoms with van der Waals surface area (Å²) < 4.78 is 0. The number of anilines is 1. The molecule has 6 heteroatoms. The standard InChI is InChI=1S/C14H13N5S/c1-2-12-18-11(15)7-13(19-12)20-14-9-5-3-4-6-10(9)16-8-17-14/h3-8H,2H2,1H3,(H2,15,18,19). The molecule has 3 aromatic rings. The van der Waals surface area contributed by atoms with E-state index in [-0.39, 0.29) is 0 Å². The van der Waals surface area contributed by atoms with E-state index < -0.39 is 0 Å². The van der Waals surface area contributed by atoms with Crippen molar-refractivity contribution in [2.24, 2.45) is 0 Å². The number of nitrogens with zero attached hydrogens (tertiary/aromatic N) is 4. The van der Waals surface area contributed by atoms with Gasteiger partial charge in [-0.3, -0.25) is 0 Å². The maximum absolute atomic E-state index is 5.80. The Hall–Kier alpha value is -2.21. The smallest absolute Gasteiger partial charge is 0.131 e. The van der Waals surface area contributed by atoms with Gasteiger partial charge in [0.2, 0.25) is 0 Å². The van der Waals surface area contributed by atoms with Crippen molar-refractivity contribution in [3.8, 4) is 0 Å². The van der Waals surface area contributed by atoms with E-state index in [4.69, 9.17) is 5.73 Å². The highest BCUT2D eigenvalue weighted by Gasteiger charge is 2.08. The van der Waals surface area contributed by atoms with Crippen LogP contribution in [0.3, 0.4) is 0 Å². The molecule has 0 fully saturated rings. The van der Waals surface area contributed by atoms with Crippen molar-refractivity contribution < 1.29 is 0 Å². The lowest BCUT2D eigenvalue weighted by molar-refractivity contribution is 0.893. The number of rotatable bonds is 3. The minimum atomic E-state index is 0.484. The molecular weight excluding hydrogens is 270 g/mol. The highest BCUT2D eigenvalue weighted by molar-refractivity contribution is 7.99. The van der Waals surface area contributed by atoms with Crippen LogP contribution in [0.25, 0.3) is 10.9 Å². The van der Waals surface area contributed by atoms with Gasteiger partial charge < -0.3 is 5.73 Å². The van der Waals surface area contributed by atoms with E-state index in [1.54, 1.807) is 12.4 Å². The fourth-order valence-electron chi connectivity index (χ4n) is 1.86. The van der Waals surface area contributed by atoms with E-state index in [0.717, 1.165) is 33.2 Å². The Balaban J connectivity index is 2.03. The number of fused-ring (bicyclic) bond motifs is 1. The lowest BCUT2D eigenvalue weighted by Gasteiger charge is -2.05.